The number of nitrogens with one attached hydrogen (secondary N) is 1. The Morgan fingerprint density at radius 3 is 2.41 bits per heavy atom. The number of benzene rings is 2. The summed E-state index contributed by atoms with van der Waals surface area (Å²) < 4.78 is 68.9. The second-order valence-electron chi connectivity index (χ2n) is 6.54. The molecule has 1 heterocycles. The van der Waals surface area contributed by atoms with Gasteiger partial charge in [0.15, 0.2) is 0 Å². The van der Waals surface area contributed by atoms with Gasteiger partial charge in [-0.3, -0.25) is 9.52 Å². The first-order chi connectivity index (χ1) is 13.4. The molecule has 0 fully saturated rings. The Morgan fingerprint density at radius 1 is 1.10 bits per heavy atom. The second-order valence-corrected chi connectivity index (χ2v) is 8.22. The maximum absolute atomic E-state index is 13.4. The van der Waals surface area contributed by atoms with Crippen molar-refractivity contribution in [3.8, 4) is 0 Å². The molecule has 0 bridgehead atoms. The van der Waals surface area contributed by atoms with E-state index in [1.165, 1.54) is 32.2 Å². The van der Waals surface area contributed by atoms with Gasteiger partial charge in [-0.25, -0.2) is 8.42 Å². The fraction of sp³-hybridized carbons (Fsp3) is 0.211. The first kappa shape index (κ1) is 20.9. The highest BCUT2D eigenvalue weighted by Gasteiger charge is 2.34. The molecule has 1 atom stereocenters. The zero-order valence-corrected chi connectivity index (χ0v) is 16.2. The van der Waals surface area contributed by atoms with Gasteiger partial charge in [0.05, 0.1) is 22.1 Å². The third kappa shape index (κ3) is 4.13. The molecule has 10 heteroatoms. The highest BCUT2D eigenvalue weighted by Crippen LogP contribution is 2.34. The van der Waals surface area contributed by atoms with Gasteiger partial charge in [0.25, 0.3) is 15.6 Å². The first-order valence-electron chi connectivity index (χ1n) is 8.42. The Bertz CT molecular complexity index is 1250. The van der Waals surface area contributed by atoms with Gasteiger partial charge >= 0.3 is 6.18 Å². The van der Waals surface area contributed by atoms with E-state index in [9.17, 15) is 31.5 Å². The van der Waals surface area contributed by atoms with E-state index in [1.807, 2.05) is 0 Å². The monoisotopic (exact) mass is 426 g/mol. The molecule has 0 radical (unpaired) electrons. The number of rotatable bonds is 4. The summed E-state index contributed by atoms with van der Waals surface area (Å²) in [6.07, 6.45) is -5.65. The van der Waals surface area contributed by atoms with Crippen LogP contribution in [0.4, 0.5) is 18.9 Å². The summed E-state index contributed by atoms with van der Waals surface area (Å²) in [6.45, 7) is 1.51. The van der Waals surface area contributed by atoms with Crippen molar-refractivity contribution in [2.75, 3.05) is 4.72 Å². The van der Waals surface area contributed by atoms with Gasteiger partial charge in [0.1, 0.15) is 0 Å². The summed E-state index contributed by atoms with van der Waals surface area (Å²) in [5.41, 5.74) is -1.48. The molecule has 0 saturated carbocycles. The molecule has 2 N–H and O–H groups in total. The lowest BCUT2D eigenvalue weighted by atomic mass is 10.1. The van der Waals surface area contributed by atoms with Crippen LogP contribution < -0.4 is 10.3 Å². The molecule has 3 aromatic rings. The number of aryl methyl sites for hydroxylation is 1. The van der Waals surface area contributed by atoms with Crippen LogP contribution in [0.5, 0.6) is 0 Å². The van der Waals surface area contributed by atoms with Crippen molar-refractivity contribution in [2.45, 2.75) is 24.1 Å². The number of halogens is 3. The molecule has 0 aliphatic carbocycles. The normalized spacial score (nSPS) is 13.4. The number of aliphatic hydroxyl groups excluding tert-OH is 1. The van der Waals surface area contributed by atoms with Gasteiger partial charge in [0.2, 0.25) is 0 Å². The first-order valence-corrected chi connectivity index (χ1v) is 9.90. The molecule has 0 aliphatic heterocycles. The van der Waals surface area contributed by atoms with Crippen molar-refractivity contribution >= 4 is 26.6 Å². The molecule has 0 aliphatic rings. The fourth-order valence-electron chi connectivity index (χ4n) is 2.92. The lowest BCUT2D eigenvalue weighted by Gasteiger charge is -2.15. The van der Waals surface area contributed by atoms with Crippen LogP contribution in [0.3, 0.4) is 0 Å². The minimum Gasteiger partial charge on any atom is -0.389 e. The van der Waals surface area contributed by atoms with Crippen LogP contribution >= 0.6 is 0 Å². The Morgan fingerprint density at radius 2 is 1.79 bits per heavy atom. The number of aliphatic hydroxyl groups is 1. The molecule has 1 unspecified atom stereocenters. The number of aromatic nitrogens is 1. The molecule has 3 rings (SSSR count). The topological polar surface area (TPSA) is 88.4 Å². The van der Waals surface area contributed by atoms with Gasteiger partial charge in [-0.05, 0) is 42.8 Å². The number of hydrogen-bond donors (Lipinski definition) is 2. The van der Waals surface area contributed by atoms with Gasteiger partial charge < -0.3 is 9.67 Å². The van der Waals surface area contributed by atoms with Crippen LogP contribution in [0.2, 0.25) is 0 Å². The average molecular weight is 426 g/mol. The number of fused-ring (bicyclic) bond motifs is 1. The second kappa shape index (κ2) is 7.20. The van der Waals surface area contributed by atoms with Gasteiger partial charge in [-0.1, -0.05) is 12.1 Å². The predicted octanol–water partition coefficient (Wildman–Crippen LogP) is 3.41. The highest BCUT2D eigenvalue weighted by atomic mass is 32.2. The summed E-state index contributed by atoms with van der Waals surface area (Å²) in [4.78, 5) is 11.4. The molecule has 2 aromatic carbocycles. The van der Waals surface area contributed by atoms with Crippen LogP contribution in [0.1, 0.15) is 24.2 Å². The molecule has 29 heavy (non-hydrogen) atoms. The lowest BCUT2D eigenvalue weighted by Crippen LogP contribution is -2.21. The van der Waals surface area contributed by atoms with E-state index in [0.717, 1.165) is 22.8 Å². The van der Waals surface area contributed by atoms with E-state index in [2.05, 4.69) is 4.72 Å². The van der Waals surface area contributed by atoms with E-state index >= 15 is 0 Å². The van der Waals surface area contributed by atoms with Crippen LogP contribution in [0, 0.1) is 0 Å². The van der Waals surface area contributed by atoms with E-state index in [0.29, 0.717) is 11.6 Å². The standard InChI is InChI=1S/C19H17F3N2O4S/c1-11(25)12-4-3-5-13(8-12)23-29(27,28)14-6-7-17-15(9-14)16(19(20,21)22)10-18(26)24(17)2/h3-11,23,25H,1-2H3. The molecule has 0 spiro atoms. The SMILES string of the molecule is CC(O)c1cccc(NS(=O)(=O)c2ccc3c(c2)c(C(F)(F)F)cc(=O)n3C)c1. The van der Waals surface area contributed by atoms with Crippen molar-refractivity contribution in [1.82, 2.24) is 4.57 Å². The van der Waals surface area contributed by atoms with Crippen LogP contribution in [-0.4, -0.2) is 18.1 Å². The summed E-state index contributed by atoms with van der Waals surface area (Å²) >= 11 is 0. The smallest absolute Gasteiger partial charge is 0.389 e. The average Bonchev–Trinajstić information content (AvgIpc) is 2.63. The zero-order valence-electron chi connectivity index (χ0n) is 15.4. The van der Waals surface area contributed by atoms with Crippen molar-refractivity contribution in [3.05, 3.63) is 70.0 Å². The van der Waals surface area contributed by atoms with Crippen LogP contribution in [0.25, 0.3) is 10.9 Å². The van der Waals surface area contributed by atoms with Crippen molar-refractivity contribution in [2.24, 2.45) is 7.05 Å². The third-order valence-electron chi connectivity index (χ3n) is 4.45. The number of alkyl halides is 3. The third-order valence-corrected chi connectivity index (χ3v) is 5.83. The molecule has 154 valence electrons. The molecule has 0 amide bonds. The number of hydrogen-bond acceptors (Lipinski definition) is 4. The Kier molecular flexibility index (Phi) is 5.18. The molecule has 1 aromatic heterocycles. The minimum absolute atomic E-state index is 0.0418. The number of anilines is 1. The Hall–Kier alpha value is -2.85. The Balaban J connectivity index is 2.13. The molecular weight excluding hydrogens is 409 g/mol. The Labute approximate surface area is 164 Å². The lowest BCUT2D eigenvalue weighted by molar-refractivity contribution is -0.136. The van der Waals surface area contributed by atoms with Gasteiger partial charge in [-0.2, -0.15) is 13.2 Å². The quantitative estimate of drug-likeness (QED) is 0.669. The minimum atomic E-state index is -4.83. The van der Waals surface area contributed by atoms with E-state index in [4.69, 9.17) is 0 Å². The summed E-state index contributed by atoms with van der Waals surface area (Å²) in [7, 11) is -2.91. The molecular formula is C19H17F3N2O4S. The van der Waals surface area contributed by atoms with Gasteiger partial charge in [-0.15, -0.1) is 0 Å². The van der Waals surface area contributed by atoms with Crippen molar-refractivity contribution in [3.63, 3.8) is 0 Å². The van der Waals surface area contributed by atoms with E-state index < -0.39 is 43.7 Å². The van der Waals surface area contributed by atoms with Crippen LogP contribution in [0.15, 0.2) is 58.2 Å². The summed E-state index contributed by atoms with van der Waals surface area (Å²) in [5.74, 6) is 0. The largest absolute Gasteiger partial charge is 0.417 e. The highest BCUT2D eigenvalue weighted by molar-refractivity contribution is 7.92. The number of nitrogens with zero attached hydrogens (tertiary/aromatic N) is 1. The van der Waals surface area contributed by atoms with Crippen molar-refractivity contribution in [1.29, 1.82) is 0 Å². The molecule has 6 nitrogen and oxygen atoms in total. The molecule has 0 saturated heterocycles. The summed E-state index contributed by atoms with van der Waals surface area (Å²) in [6, 6.07) is 9.64. The fourth-order valence-corrected chi connectivity index (χ4v) is 3.99. The number of pyridine rings is 1. The van der Waals surface area contributed by atoms with Crippen molar-refractivity contribution < 1.29 is 26.7 Å². The maximum atomic E-state index is 13.4. The zero-order chi connectivity index (χ0) is 21.6. The predicted molar refractivity (Wildman–Crippen MR) is 102 cm³/mol. The maximum Gasteiger partial charge on any atom is 0.417 e. The number of sulfonamides is 1. The van der Waals surface area contributed by atoms with E-state index in [1.54, 1.807) is 6.07 Å². The van der Waals surface area contributed by atoms with E-state index in [-0.39, 0.29) is 11.2 Å². The van der Waals surface area contributed by atoms with Gasteiger partial charge in [0, 0.05) is 24.2 Å². The summed E-state index contributed by atoms with van der Waals surface area (Å²) in [5, 5.41) is 9.22. The van der Waals surface area contributed by atoms with Crippen LogP contribution in [-0.2, 0) is 23.2 Å².